The van der Waals surface area contributed by atoms with Gasteiger partial charge >= 0.3 is 0 Å². The molecule has 0 N–H and O–H groups in total. The van der Waals surface area contributed by atoms with Crippen LogP contribution in [0.5, 0.6) is 0 Å². The Morgan fingerprint density at radius 2 is 0.718 bits per heavy atom. The second kappa shape index (κ2) is 11.5. The molecule has 6 rings (SSSR count). The summed E-state index contributed by atoms with van der Waals surface area (Å²) < 4.78 is 0. The molecule has 0 aliphatic heterocycles. The van der Waals surface area contributed by atoms with Crippen molar-refractivity contribution >= 4 is 29.2 Å². The predicted octanol–water partition coefficient (Wildman–Crippen LogP) is 10.7. The summed E-state index contributed by atoms with van der Waals surface area (Å²) in [4.78, 5) is 2.34. The SMILES string of the molecule is C(=Cc1ccc(N(c2ccccc2)c2cc(-c3ccccc3)cc(-c3ccccc3)c2)cc1)c1ccccc1. The number of hydrogen-bond acceptors (Lipinski definition) is 1. The minimum absolute atomic E-state index is 1.11. The van der Waals surface area contributed by atoms with Crippen LogP contribution in [-0.2, 0) is 0 Å². The van der Waals surface area contributed by atoms with Gasteiger partial charge in [-0.1, -0.05) is 133 Å². The highest BCUT2D eigenvalue weighted by atomic mass is 15.1. The second-order valence-corrected chi connectivity index (χ2v) is 9.51. The van der Waals surface area contributed by atoms with Crippen molar-refractivity contribution in [3.63, 3.8) is 0 Å². The Balaban J connectivity index is 1.45. The van der Waals surface area contributed by atoms with E-state index < -0.39 is 0 Å². The standard InChI is InChI=1S/C38H29N/c1-5-13-30(14-6-1)21-22-31-23-25-37(26-24-31)39(36-19-11-4-12-20-36)38-28-34(32-15-7-2-8-16-32)27-35(29-38)33-17-9-3-10-18-33/h1-29H. The van der Waals surface area contributed by atoms with Gasteiger partial charge < -0.3 is 4.90 Å². The lowest BCUT2D eigenvalue weighted by Gasteiger charge is -2.27. The van der Waals surface area contributed by atoms with Gasteiger partial charge in [0, 0.05) is 17.1 Å². The molecule has 186 valence electrons. The molecule has 0 atom stereocenters. The first-order valence-electron chi connectivity index (χ1n) is 13.3. The summed E-state index contributed by atoms with van der Waals surface area (Å²) in [6.07, 6.45) is 4.31. The van der Waals surface area contributed by atoms with Crippen LogP contribution in [0.2, 0.25) is 0 Å². The number of benzene rings is 6. The van der Waals surface area contributed by atoms with Crippen molar-refractivity contribution in [1.82, 2.24) is 0 Å². The molecule has 0 aromatic heterocycles. The third kappa shape index (κ3) is 5.74. The van der Waals surface area contributed by atoms with Crippen molar-refractivity contribution in [2.75, 3.05) is 4.90 Å². The van der Waals surface area contributed by atoms with Gasteiger partial charge in [-0.05, 0) is 75.8 Å². The highest BCUT2D eigenvalue weighted by Crippen LogP contribution is 2.39. The lowest BCUT2D eigenvalue weighted by molar-refractivity contribution is 1.28. The van der Waals surface area contributed by atoms with Crippen molar-refractivity contribution < 1.29 is 0 Å². The van der Waals surface area contributed by atoms with E-state index in [2.05, 4.69) is 175 Å². The maximum atomic E-state index is 2.34. The highest BCUT2D eigenvalue weighted by molar-refractivity contribution is 5.85. The average molecular weight is 500 g/mol. The third-order valence-corrected chi connectivity index (χ3v) is 6.82. The van der Waals surface area contributed by atoms with Gasteiger partial charge in [-0.15, -0.1) is 0 Å². The molecule has 0 aliphatic rings. The maximum Gasteiger partial charge on any atom is 0.0473 e. The molecular formula is C38H29N. The van der Waals surface area contributed by atoms with Crippen LogP contribution in [-0.4, -0.2) is 0 Å². The maximum absolute atomic E-state index is 2.34. The number of nitrogens with zero attached hydrogens (tertiary/aromatic N) is 1. The summed E-state index contributed by atoms with van der Waals surface area (Å²) in [6, 6.07) is 57.9. The molecule has 6 aromatic rings. The molecule has 0 spiro atoms. The fraction of sp³-hybridized carbons (Fsp3) is 0. The number of para-hydroxylation sites is 1. The second-order valence-electron chi connectivity index (χ2n) is 9.51. The Morgan fingerprint density at radius 3 is 1.23 bits per heavy atom. The van der Waals surface area contributed by atoms with E-state index in [-0.39, 0.29) is 0 Å². The minimum Gasteiger partial charge on any atom is -0.310 e. The largest absolute Gasteiger partial charge is 0.310 e. The molecule has 1 nitrogen and oxygen atoms in total. The Morgan fingerprint density at radius 1 is 0.308 bits per heavy atom. The van der Waals surface area contributed by atoms with E-state index in [1.807, 2.05) is 6.07 Å². The zero-order valence-electron chi connectivity index (χ0n) is 21.7. The molecule has 0 bridgehead atoms. The van der Waals surface area contributed by atoms with Gasteiger partial charge in [0.25, 0.3) is 0 Å². The topological polar surface area (TPSA) is 3.24 Å². The summed E-state index contributed by atoms with van der Waals surface area (Å²) in [5.74, 6) is 0. The summed E-state index contributed by atoms with van der Waals surface area (Å²) in [5.41, 5.74) is 10.5. The Kier molecular flexibility index (Phi) is 7.14. The van der Waals surface area contributed by atoms with Crippen LogP contribution in [0.4, 0.5) is 17.1 Å². The van der Waals surface area contributed by atoms with E-state index in [0.29, 0.717) is 0 Å². The fourth-order valence-corrected chi connectivity index (χ4v) is 4.85. The first kappa shape index (κ1) is 24.2. The molecule has 0 aliphatic carbocycles. The molecule has 0 radical (unpaired) electrons. The molecule has 39 heavy (non-hydrogen) atoms. The average Bonchev–Trinajstić information content (AvgIpc) is 3.02. The van der Waals surface area contributed by atoms with E-state index in [4.69, 9.17) is 0 Å². The van der Waals surface area contributed by atoms with Crippen molar-refractivity contribution in [2.24, 2.45) is 0 Å². The van der Waals surface area contributed by atoms with Gasteiger partial charge in [-0.25, -0.2) is 0 Å². The Hall–Kier alpha value is -5.14. The normalized spacial score (nSPS) is 11.0. The van der Waals surface area contributed by atoms with Crippen molar-refractivity contribution in [1.29, 1.82) is 0 Å². The quantitative estimate of drug-likeness (QED) is 0.197. The molecular weight excluding hydrogens is 470 g/mol. The smallest absolute Gasteiger partial charge is 0.0473 e. The molecule has 0 saturated heterocycles. The molecule has 6 aromatic carbocycles. The van der Waals surface area contributed by atoms with Crippen LogP contribution >= 0.6 is 0 Å². The van der Waals surface area contributed by atoms with Crippen LogP contribution < -0.4 is 4.90 Å². The first-order chi connectivity index (χ1) is 19.3. The summed E-state index contributed by atoms with van der Waals surface area (Å²) in [6.45, 7) is 0. The van der Waals surface area contributed by atoms with E-state index in [1.54, 1.807) is 0 Å². The lowest BCUT2D eigenvalue weighted by Crippen LogP contribution is -2.10. The van der Waals surface area contributed by atoms with Crippen LogP contribution in [0.3, 0.4) is 0 Å². The minimum atomic E-state index is 1.11. The molecule has 0 heterocycles. The third-order valence-electron chi connectivity index (χ3n) is 6.82. The van der Waals surface area contributed by atoms with Crippen LogP contribution in [0, 0.1) is 0 Å². The molecule has 0 unspecified atom stereocenters. The van der Waals surface area contributed by atoms with Crippen molar-refractivity contribution in [3.8, 4) is 22.3 Å². The van der Waals surface area contributed by atoms with Crippen molar-refractivity contribution in [2.45, 2.75) is 0 Å². The van der Waals surface area contributed by atoms with Gasteiger partial charge in [0.1, 0.15) is 0 Å². The van der Waals surface area contributed by atoms with E-state index in [1.165, 1.54) is 33.4 Å². The lowest BCUT2D eigenvalue weighted by atomic mass is 9.97. The zero-order valence-corrected chi connectivity index (χ0v) is 21.7. The number of hydrogen-bond donors (Lipinski definition) is 0. The monoisotopic (exact) mass is 499 g/mol. The van der Waals surface area contributed by atoms with Crippen LogP contribution in [0.1, 0.15) is 11.1 Å². The molecule has 0 amide bonds. The van der Waals surface area contributed by atoms with E-state index in [0.717, 1.165) is 17.1 Å². The number of rotatable bonds is 7. The summed E-state index contributed by atoms with van der Waals surface area (Å²) >= 11 is 0. The fourth-order valence-electron chi connectivity index (χ4n) is 4.85. The van der Waals surface area contributed by atoms with Crippen LogP contribution in [0.25, 0.3) is 34.4 Å². The highest BCUT2D eigenvalue weighted by Gasteiger charge is 2.15. The Bertz CT molecular complexity index is 1600. The van der Waals surface area contributed by atoms with Crippen LogP contribution in [0.15, 0.2) is 164 Å². The zero-order chi connectivity index (χ0) is 26.3. The van der Waals surface area contributed by atoms with Gasteiger partial charge in [-0.2, -0.15) is 0 Å². The van der Waals surface area contributed by atoms with Gasteiger partial charge in [0.05, 0.1) is 0 Å². The molecule has 1 heteroatoms. The number of anilines is 3. The van der Waals surface area contributed by atoms with Gasteiger partial charge in [-0.3, -0.25) is 0 Å². The molecule has 0 fully saturated rings. The molecule has 0 saturated carbocycles. The van der Waals surface area contributed by atoms with Gasteiger partial charge in [0.15, 0.2) is 0 Å². The van der Waals surface area contributed by atoms with E-state index >= 15 is 0 Å². The predicted molar refractivity (Wildman–Crippen MR) is 167 cm³/mol. The summed E-state index contributed by atoms with van der Waals surface area (Å²) in [5, 5.41) is 0. The van der Waals surface area contributed by atoms with Gasteiger partial charge in [0.2, 0.25) is 0 Å². The first-order valence-corrected chi connectivity index (χ1v) is 13.3. The van der Waals surface area contributed by atoms with E-state index in [9.17, 15) is 0 Å². The summed E-state index contributed by atoms with van der Waals surface area (Å²) in [7, 11) is 0. The Labute approximate surface area is 231 Å². The van der Waals surface area contributed by atoms with Crippen molar-refractivity contribution in [3.05, 3.63) is 175 Å².